The fourth-order valence-corrected chi connectivity index (χ4v) is 2.66. The van der Waals surface area contributed by atoms with E-state index in [2.05, 4.69) is 0 Å². The first-order valence-corrected chi connectivity index (χ1v) is 6.83. The zero-order valence-electron chi connectivity index (χ0n) is 12.0. The Kier molecular flexibility index (Phi) is 3.26. The quantitative estimate of drug-likeness (QED) is 0.797. The lowest BCUT2D eigenvalue weighted by Crippen LogP contribution is -2.65. The second kappa shape index (κ2) is 4.74. The van der Waals surface area contributed by atoms with Gasteiger partial charge in [-0.2, -0.15) is 0 Å². The fraction of sp³-hybridized carbons (Fsp3) is 0.533. The molecule has 2 saturated heterocycles. The van der Waals surface area contributed by atoms with E-state index in [0.29, 0.717) is 26.3 Å². The topological polar surface area (TPSA) is 38.8 Å². The van der Waals surface area contributed by atoms with Crippen LogP contribution >= 0.6 is 0 Å². The molecule has 0 aliphatic carbocycles. The van der Waals surface area contributed by atoms with Crippen LogP contribution in [0.5, 0.6) is 0 Å². The molecule has 2 aliphatic rings. The van der Waals surface area contributed by atoms with Gasteiger partial charge in [-0.05, 0) is 26.0 Å². The molecule has 21 heavy (non-hydrogen) atoms. The molecule has 3 rings (SSSR count). The van der Waals surface area contributed by atoms with Crippen molar-refractivity contribution in [2.24, 2.45) is 5.41 Å². The number of carbonyl (C=O) groups excluding carboxylic acids is 1. The van der Waals surface area contributed by atoms with Gasteiger partial charge in [0.1, 0.15) is 11.6 Å². The summed E-state index contributed by atoms with van der Waals surface area (Å²) in [6.45, 7) is 5.62. The summed E-state index contributed by atoms with van der Waals surface area (Å²) in [6.07, 6.45) is 0. The van der Waals surface area contributed by atoms with Crippen molar-refractivity contribution in [1.29, 1.82) is 0 Å². The second-order valence-corrected chi connectivity index (χ2v) is 6.26. The molecule has 2 fully saturated rings. The van der Waals surface area contributed by atoms with Crippen LogP contribution in [0.4, 0.5) is 8.78 Å². The molecule has 1 aromatic rings. The molecule has 4 nitrogen and oxygen atoms in total. The van der Waals surface area contributed by atoms with Gasteiger partial charge in [0, 0.05) is 19.2 Å². The van der Waals surface area contributed by atoms with Crippen molar-refractivity contribution in [2.45, 2.75) is 19.6 Å². The summed E-state index contributed by atoms with van der Waals surface area (Å²) in [7, 11) is 0. The first kappa shape index (κ1) is 14.4. The van der Waals surface area contributed by atoms with E-state index in [1.807, 2.05) is 13.8 Å². The largest absolute Gasteiger partial charge is 0.350 e. The van der Waals surface area contributed by atoms with Crippen LogP contribution < -0.4 is 0 Å². The number of amides is 1. The third kappa shape index (κ3) is 2.65. The van der Waals surface area contributed by atoms with Crippen molar-refractivity contribution >= 4 is 5.91 Å². The van der Waals surface area contributed by atoms with Crippen molar-refractivity contribution in [2.75, 3.05) is 26.3 Å². The minimum Gasteiger partial charge on any atom is -0.350 e. The molecular weight excluding hydrogens is 280 g/mol. The van der Waals surface area contributed by atoms with E-state index in [0.717, 1.165) is 12.1 Å². The lowest BCUT2D eigenvalue weighted by atomic mass is 9.80. The Labute approximate surface area is 121 Å². The maximum absolute atomic E-state index is 13.6. The van der Waals surface area contributed by atoms with Gasteiger partial charge >= 0.3 is 0 Å². The Bertz CT molecular complexity index is 570. The van der Waals surface area contributed by atoms with Gasteiger partial charge < -0.3 is 14.4 Å². The zero-order chi connectivity index (χ0) is 15.3. The van der Waals surface area contributed by atoms with E-state index in [1.54, 1.807) is 0 Å². The van der Waals surface area contributed by atoms with Crippen LogP contribution in [0.25, 0.3) is 0 Å². The molecule has 6 heteroatoms. The minimum atomic E-state index is -0.835. The van der Waals surface area contributed by atoms with Crippen LogP contribution in [0, 0.1) is 17.0 Å². The number of likely N-dealkylation sites (tertiary alicyclic amines) is 1. The van der Waals surface area contributed by atoms with Gasteiger partial charge in [0.15, 0.2) is 5.79 Å². The molecule has 0 bridgehead atoms. The summed E-state index contributed by atoms with van der Waals surface area (Å²) in [5.41, 5.74) is -0.314. The van der Waals surface area contributed by atoms with E-state index >= 15 is 0 Å². The lowest BCUT2D eigenvalue weighted by molar-refractivity contribution is -0.301. The SMILES string of the molecule is CC1(C)OCC2(CO1)CN(C(=O)c1ccc(F)cc1F)C2. The predicted octanol–water partition coefficient (Wildman–Crippen LogP) is 2.19. The second-order valence-electron chi connectivity index (χ2n) is 6.26. The number of rotatable bonds is 1. The van der Waals surface area contributed by atoms with E-state index in [4.69, 9.17) is 9.47 Å². The van der Waals surface area contributed by atoms with Gasteiger partial charge in [-0.1, -0.05) is 0 Å². The van der Waals surface area contributed by atoms with Gasteiger partial charge in [-0.3, -0.25) is 4.79 Å². The van der Waals surface area contributed by atoms with Gasteiger partial charge in [0.2, 0.25) is 0 Å². The summed E-state index contributed by atoms with van der Waals surface area (Å²) < 4.78 is 37.7. The van der Waals surface area contributed by atoms with Crippen molar-refractivity contribution in [3.05, 3.63) is 35.4 Å². The third-order valence-electron chi connectivity index (χ3n) is 3.95. The Morgan fingerprint density at radius 1 is 1.19 bits per heavy atom. The molecule has 114 valence electrons. The highest BCUT2D eigenvalue weighted by molar-refractivity contribution is 5.95. The molecule has 2 aliphatic heterocycles. The standard InChI is InChI=1S/C15H17F2NO3/c1-14(2)20-8-15(9-21-14)6-18(7-15)13(19)11-4-3-10(16)5-12(11)17/h3-5H,6-9H2,1-2H3. The van der Waals surface area contributed by atoms with Crippen molar-refractivity contribution in [1.82, 2.24) is 4.90 Å². The number of halogens is 2. The molecule has 0 atom stereocenters. The molecule has 1 amide bonds. The van der Waals surface area contributed by atoms with Crippen molar-refractivity contribution < 1.29 is 23.0 Å². The molecular formula is C15H17F2NO3. The normalized spacial score (nSPS) is 23.0. The average molecular weight is 297 g/mol. The van der Waals surface area contributed by atoms with Gasteiger partial charge in [-0.15, -0.1) is 0 Å². The summed E-state index contributed by atoms with van der Waals surface area (Å²) in [5, 5.41) is 0. The van der Waals surface area contributed by atoms with Crippen LogP contribution in [-0.4, -0.2) is 42.9 Å². The van der Waals surface area contributed by atoms with Gasteiger partial charge in [0.05, 0.1) is 24.2 Å². The highest BCUT2D eigenvalue weighted by Crippen LogP contribution is 2.38. The van der Waals surface area contributed by atoms with Crippen LogP contribution in [-0.2, 0) is 9.47 Å². The van der Waals surface area contributed by atoms with Gasteiger partial charge in [0.25, 0.3) is 5.91 Å². The highest BCUT2D eigenvalue weighted by atomic mass is 19.1. The Morgan fingerprint density at radius 3 is 2.38 bits per heavy atom. The van der Waals surface area contributed by atoms with Crippen molar-refractivity contribution in [3.8, 4) is 0 Å². The first-order valence-electron chi connectivity index (χ1n) is 6.83. The van der Waals surface area contributed by atoms with Crippen molar-refractivity contribution in [3.63, 3.8) is 0 Å². The predicted molar refractivity (Wildman–Crippen MR) is 70.7 cm³/mol. The Balaban J connectivity index is 1.65. The van der Waals surface area contributed by atoms with Crippen LogP contribution in [0.1, 0.15) is 24.2 Å². The molecule has 0 N–H and O–H groups in total. The van der Waals surface area contributed by atoms with Crippen LogP contribution in [0.3, 0.4) is 0 Å². The molecule has 1 spiro atoms. The van der Waals surface area contributed by atoms with Crippen LogP contribution in [0.2, 0.25) is 0 Å². The maximum Gasteiger partial charge on any atom is 0.256 e. The lowest BCUT2D eigenvalue weighted by Gasteiger charge is -2.54. The molecule has 0 aromatic heterocycles. The number of hydrogen-bond acceptors (Lipinski definition) is 3. The molecule has 0 radical (unpaired) electrons. The third-order valence-corrected chi connectivity index (χ3v) is 3.95. The summed E-state index contributed by atoms with van der Waals surface area (Å²) in [6, 6.07) is 2.98. The zero-order valence-corrected chi connectivity index (χ0v) is 12.0. The summed E-state index contributed by atoms with van der Waals surface area (Å²) >= 11 is 0. The summed E-state index contributed by atoms with van der Waals surface area (Å²) in [4.78, 5) is 13.7. The Morgan fingerprint density at radius 2 is 1.81 bits per heavy atom. The maximum atomic E-state index is 13.6. The fourth-order valence-electron chi connectivity index (χ4n) is 2.66. The first-order chi connectivity index (χ1) is 9.80. The Hall–Kier alpha value is -1.53. The molecule has 0 saturated carbocycles. The summed E-state index contributed by atoms with van der Waals surface area (Å²) in [5.74, 6) is -2.56. The van der Waals surface area contributed by atoms with E-state index < -0.39 is 23.3 Å². The van der Waals surface area contributed by atoms with Gasteiger partial charge in [-0.25, -0.2) is 8.78 Å². The van der Waals surface area contributed by atoms with E-state index in [1.165, 1.54) is 11.0 Å². The molecule has 0 unspecified atom stereocenters. The smallest absolute Gasteiger partial charge is 0.256 e. The minimum absolute atomic E-state index is 0.107. The number of hydrogen-bond donors (Lipinski definition) is 0. The average Bonchev–Trinajstić information content (AvgIpc) is 2.36. The number of carbonyl (C=O) groups is 1. The van der Waals surface area contributed by atoms with Crippen LogP contribution in [0.15, 0.2) is 18.2 Å². The number of ether oxygens (including phenoxy) is 2. The molecule has 1 aromatic carbocycles. The molecule has 2 heterocycles. The van der Waals surface area contributed by atoms with E-state index in [-0.39, 0.29) is 11.0 Å². The monoisotopic (exact) mass is 297 g/mol. The number of benzene rings is 1. The number of nitrogens with zero attached hydrogens (tertiary/aromatic N) is 1. The highest BCUT2D eigenvalue weighted by Gasteiger charge is 2.50. The van der Waals surface area contributed by atoms with E-state index in [9.17, 15) is 13.6 Å².